The summed E-state index contributed by atoms with van der Waals surface area (Å²) in [5.41, 5.74) is 2.90. The maximum atomic E-state index is 13.4. The Morgan fingerprint density at radius 1 is 1.18 bits per heavy atom. The maximum absolute atomic E-state index is 13.4. The Labute approximate surface area is 190 Å². The molecule has 11 nitrogen and oxygen atoms in total. The van der Waals surface area contributed by atoms with Crippen molar-refractivity contribution >= 4 is 49.4 Å². The van der Waals surface area contributed by atoms with Crippen LogP contribution in [0, 0.1) is 0 Å². The summed E-state index contributed by atoms with van der Waals surface area (Å²) in [5, 5.41) is 14.1. The second-order valence-corrected chi connectivity index (χ2v) is 10.0. The third kappa shape index (κ3) is 3.73. The topological polar surface area (TPSA) is 162 Å². The van der Waals surface area contributed by atoms with Gasteiger partial charge in [0.1, 0.15) is 16.2 Å². The van der Waals surface area contributed by atoms with Gasteiger partial charge in [0.25, 0.3) is 26.8 Å². The number of fused-ring (bicyclic) bond motifs is 2. The van der Waals surface area contributed by atoms with E-state index in [-0.39, 0.29) is 39.5 Å². The quantitative estimate of drug-likeness (QED) is 0.340. The van der Waals surface area contributed by atoms with Crippen LogP contribution in [0.3, 0.4) is 0 Å². The highest BCUT2D eigenvalue weighted by Crippen LogP contribution is 2.34. The highest BCUT2D eigenvalue weighted by Gasteiger charge is 2.31. The molecule has 0 radical (unpaired) electrons. The van der Waals surface area contributed by atoms with Crippen molar-refractivity contribution in [2.24, 2.45) is 4.40 Å². The molecule has 13 heteroatoms. The Hall–Kier alpha value is -3.42. The van der Waals surface area contributed by atoms with Crippen LogP contribution in [-0.2, 0) is 21.3 Å². The normalized spacial score (nSPS) is 17.9. The van der Waals surface area contributed by atoms with Crippen molar-refractivity contribution < 1.29 is 22.3 Å². The second kappa shape index (κ2) is 7.86. The number of pyridine rings is 1. The predicted molar refractivity (Wildman–Crippen MR) is 125 cm³/mol. The van der Waals surface area contributed by atoms with Crippen molar-refractivity contribution in [1.82, 2.24) is 4.68 Å². The average molecular weight is 490 g/mol. The Kier molecular flexibility index (Phi) is 5.11. The molecule has 3 aromatic rings. The lowest BCUT2D eigenvalue weighted by atomic mass is 9.94. The second-order valence-electron chi connectivity index (χ2n) is 7.74. The fourth-order valence-corrected chi connectivity index (χ4v) is 5.30. The van der Waals surface area contributed by atoms with E-state index in [2.05, 4.69) is 19.9 Å². The van der Waals surface area contributed by atoms with Crippen molar-refractivity contribution in [1.29, 1.82) is 0 Å². The van der Waals surface area contributed by atoms with Crippen LogP contribution in [0.4, 0.5) is 11.4 Å². The van der Waals surface area contributed by atoms with Crippen LogP contribution < -0.4 is 21.0 Å². The molecular weight excluding hydrogens is 470 g/mol. The zero-order chi connectivity index (χ0) is 23.3. The Bertz CT molecular complexity index is 1510. The van der Waals surface area contributed by atoms with Gasteiger partial charge in [0.2, 0.25) is 0 Å². The molecule has 0 spiro atoms. The van der Waals surface area contributed by atoms with Gasteiger partial charge in [-0.2, -0.15) is 8.42 Å². The number of nitrogens with one attached hydrogen (secondary N) is 3. The van der Waals surface area contributed by atoms with Crippen molar-refractivity contribution in [2.45, 2.75) is 30.2 Å². The fourth-order valence-electron chi connectivity index (χ4n) is 3.82. The minimum absolute atomic E-state index is 0.0946. The van der Waals surface area contributed by atoms with Crippen LogP contribution >= 0.6 is 0 Å². The first-order valence-electron chi connectivity index (χ1n) is 10.0. The molecule has 1 aliphatic carbocycles. The van der Waals surface area contributed by atoms with E-state index in [0.717, 1.165) is 25.3 Å². The smallest absolute Gasteiger partial charge is 0.286 e. The molecule has 0 bridgehead atoms. The van der Waals surface area contributed by atoms with Gasteiger partial charge >= 0.3 is 0 Å². The predicted octanol–water partition coefficient (Wildman–Crippen LogP) is 1.91. The largest absolute Gasteiger partial charge is 0.506 e. The van der Waals surface area contributed by atoms with E-state index in [1.165, 1.54) is 16.8 Å². The van der Waals surface area contributed by atoms with E-state index < -0.39 is 26.8 Å². The zero-order valence-electron chi connectivity index (χ0n) is 17.0. The summed E-state index contributed by atoms with van der Waals surface area (Å²) < 4.78 is 53.0. The van der Waals surface area contributed by atoms with Gasteiger partial charge in [-0.1, -0.05) is 12.1 Å². The number of benzene rings is 2. The summed E-state index contributed by atoms with van der Waals surface area (Å²) in [6.07, 6.45) is 2.83. The number of hydrogen-bond donors (Lipinski definition) is 5. The molecule has 0 saturated heterocycles. The SMILES string of the molecule is O=c1c(C2=NS(=O)(=O)c3cc(NS(=O)O)ccc3N2)c(O)c2ccccc2n1NC1CCC1. The minimum Gasteiger partial charge on any atom is -0.506 e. The summed E-state index contributed by atoms with van der Waals surface area (Å²) in [6, 6.07) is 10.8. The first kappa shape index (κ1) is 21.4. The number of aromatic hydroxyl groups is 1. The number of hydrogen-bond acceptors (Lipinski definition) is 7. The summed E-state index contributed by atoms with van der Waals surface area (Å²) in [7, 11) is -4.29. The molecule has 1 atom stereocenters. The molecule has 2 heterocycles. The molecule has 1 unspecified atom stereocenters. The lowest BCUT2D eigenvalue weighted by Gasteiger charge is -2.29. The van der Waals surface area contributed by atoms with Crippen LogP contribution in [-0.4, -0.2) is 38.8 Å². The molecule has 1 aliphatic heterocycles. The number of sulfonamides is 1. The third-order valence-electron chi connectivity index (χ3n) is 5.64. The molecule has 172 valence electrons. The molecule has 1 fully saturated rings. The van der Waals surface area contributed by atoms with Crippen LogP contribution in [0.15, 0.2) is 56.6 Å². The summed E-state index contributed by atoms with van der Waals surface area (Å²) >= 11 is -2.39. The van der Waals surface area contributed by atoms with Crippen molar-refractivity contribution in [3.8, 4) is 5.75 Å². The minimum atomic E-state index is -4.29. The Morgan fingerprint density at radius 2 is 1.94 bits per heavy atom. The highest BCUT2D eigenvalue weighted by molar-refractivity contribution is 7.90. The van der Waals surface area contributed by atoms with Gasteiger partial charge in [-0.05, 0) is 49.6 Å². The molecule has 33 heavy (non-hydrogen) atoms. The average Bonchev–Trinajstić information content (AvgIpc) is 2.72. The molecule has 1 aromatic heterocycles. The number of aromatic nitrogens is 1. The monoisotopic (exact) mass is 489 g/mol. The summed E-state index contributed by atoms with van der Waals surface area (Å²) in [4.78, 5) is 13.2. The maximum Gasteiger partial charge on any atom is 0.286 e. The molecule has 2 aromatic carbocycles. The van der Waals surface area contributed by atoms with Gasteiger partial charge in [0, 0.05) is 17.1 Å². The summed E-state index contributed by atoms with van der Waals surface area (Å²) in [6.45, 7) is 0. The molecule has 0 amide bonds. The van der Waals surface area contributed by atoms with Gasteiger partial charge in [-0.15, -0.1) is 4.40 Å². The number of amidine groups is 1. The standard InChI is InChI=1S/C20H19N5O6S2/c26-18-13-6-1-2-7-15(13)25(22-11-4-3-5-11)20(27)17(18)19-21-14-9-8-12(23-32(28)29)10-16(14)33(30,31)24-19/h1-2,6-11,22-23,26H,3-5H2,(H,21,24)(H,28,29). The molecule has 5 N–H and O–H groups in total. The van der Waals surface area contributed by atoms with Gasteiger partial charge in [0.05, 0.1) is 11.2 Å². The van der Waals surface area contributed by atoms with Crippen LogP contribution in [0.2, 0.25) is 0 Å². The van der Waals surface area contributed by atoms with Gasteiger partial charge in [-0.3, -0.25) is 14.1 Å². The van der Waals surface area contributed by atoms with E-state index in [1.807, 2.05) is 0 Å². The van der Waals surface area contributed by atoms with E-state index >= 15 is 0 Å². The first-order valence-corrected chi connectivity index (χ1v) is 12.6. The Morgan fingerprint density at radius 3 is 2.64 bits per heavy atom. The third-order valence-corrected chi connectivity index (χ3v) is 7.36. The van der Waals surface area contributed by atoms with E-state index in [1.54, 1.807) is 24.3 Å². The molecular formula is C20H19N5O6S2. The lowest BCUT2D eigenvalue weighted by molar-refractivity contribution is 0.414. The lowest BCUT2D eigenvalue weighted by Crippen LogP contribution is -2.42. The molecule has 2 aliphatic rings. The number of rotatable bonds is 5. The van der Waals surface area contributed by atoms with Gasteiger partial charge in [-0.25, -0.2) is 8.89 Å². The van der Waals surface area contributed by atoms with Gasteiger partial charge < -0.3 is 15.8 Å². The van der Waals surface area contributed by atoms with Crippen molar-refractivity contribution in [2.75, 3.05) is 15.5 Å². The molecule has 1 saturated carbocycles. The van der Waals surface area contributed by atoms with E-state index in [9.17, 15) is 22.5 Å². The Balaban J connectivity index is 1.67. The van der Waals surface area contributed by atoms with Gasteiger partial charge in [0.15, 0.2) is 5.84 Å². The summed E-state index contributed by atoms with van der Waals surface area (Å²) in [5.74, 6) is -0.701. The first-order chi connectivity index (χ1) is 15.7. The van der Waals surface area contributed by atoms with Crippen LogP contribution in [0.1, 0.15) is 24.8 Å². The van der Waals surface area contributed by atoms with E-state index in [4.69, 9.17) is 4.55 Å². The van der Waals surface area contributed by atoms with E-state index in [0.29, 0.717) is 10.9 Å². The van der Waals surface area contributed by atoms with Crippen LogP contribution in [0.5, 0.6) is 5.75 Å². The van der Waals surface area contributed by atoms with Crippen molar-refractivity contribution in [3.63, 3.8) is 0 Å². The zero-order valence-corrected chi connectivity index (χ0v) is 18.6. The number of para-hydroxylation sites is 1. The fraction of sp³-hybridized carbons (Fsp3) is 0.200. The van der Waals surface area contributed by atoms with Crippen LogP contribution in [0.25, 0.3) is 10.9 Å². The number of nitrogens with zero attached hydrogens (tertiary/aromatic N) is 2. The molecule has 5 rings (SSSR count). The number of anilines is 2. The highest BCUT2D eigenvalue weighted by atomic mass is 32.2. The van der Waals surface area contributed by atoms with Crippen molar-refractivity contribution in [3.05, 3.63) is 58.4 Å².